The number of nitrogens with one attached hydrogen (secondary N) is 1. The van der Waals surface area contributed by atoms with Crippen molar-refractivity contribution in [1.29, 1.82) is 0 Å². The summed E-state index contributed by atoms with van der Waals surface area (Å²) in [6, 6.07) is 19.8. The third-order valence-electron chi connectivity index (χ3n) is 5.59. The van der Waals surface area contributed by atoms with Crippen molar-refractivity contribution in [2.45, 2.75) is 19.8 Å². The van der Waals surface area contributed by atoms with E-state index in [2.05, 4.69) is 27.3 Å². The van der Waals surface area contributed by atoms with Crippen LogP contribution in [0.2, 0.25) is 0 Å². The van der Waals surface area contributed by atoms with Gasteiger partial charge in [0.1, 0.15) is 11.6 Å². The standard InChI is InChI=1S/C25H29N5O2/c1-19-18-23(27-21-9-11-22(32-2)12-10-21)28-25(26-19)30-16-14-29(15-17-30)24(31)13-8-20-6-4-3-5-7-20/h3-7,9-12,18H,8,13-17H2,1-2H3,(H,26,27,28). The van der Waals surface area contributed by atoms with Crippen LogP contribution in [0.1, 0.15) is 17.7 Å². The highest BCUT2D eigenvalue weighted by molar-refractivity contribution is 5.76. The van der Waals surface area contributed by atoms with Crippen molar-refractivity contribution in [3.8, 4) is 5.75 Å². The lowest BCUT2D eigenvalue weighted by Gasteiger charge is -2.35. The van der Waals surface area contributed by atoms with Crippen molar-refractivity contribution in [1.82, 2.24) is 14.9 Å². The number of amides is 1. The van der Waals surface area contributed by atoms with Gasteiger partial charge in [-0.1, -0.05) is 30.3 Å². The fourth-order valence-corrected chi connectivity index (χ4v) is 3.79. The zero-order valence-electron chi connectivity index (χ0n) is 18.6. The minimum atomic E-state index is 0.209. The minimum Gasteiger partial charge on any atom is -0.497 e. The quantitative estimate of drug-likeness (QED) is 0.613. The molecular formula is C25H29N5O2. The van der Waals surface area contributed by atoms with E-state index in [9.17, 15) is 4.79 Å². The van der Waals surface area contributed by atoms with E-state index >= 15 is 0 Å². The number of piperazine rings is 1. The molecule has 1 aliphatic heterocycles. The Bertz CT molecular complexity index is 1030. The summed E-state index contributed by atoms with van der Waals surface area (Å²) in [5.41, 5.74) is 3.03. The molecule has 0 spiro atoms. The molecule has 2 heterocycles. The summed E-state index contributed by atoms with van der Waals surface area (Å²) in [5.74, 6) is 2.46. The number of hydrogen-bond acceptors (Lipinski definition) is 6. The van der Waals surface area contributed by atoms with E-state index in [4.69, 9.17) is 9.72 Å². The number of carbonyl (C=O) groups is 1. The Morgan fingerprint density at radius 3 is 2.41 bits per heavy atom. The molecule has 0 bridgehead atoms. The molecule has 1 N–H and O–H groups in total. The molecule has 3 aromatic rings. The molecule has 1 aliphatic rings. The zero-order chi connectivity index (χ0) is 22.3. The Hall–Kier alpha value is -3.61. The number of aromatic nitrogens is 2. The van der Waals surface area contributed by atoms with Gasteiger partial charge in [-0.15, -0.1) is 0 Å². The SMILES string of the molecule is COc1ccc(Nc2cc(C)nc(N3CCN(C(=O)CCc4ccccc4)CC3)n2)cc1. The van der Waals surface area contributed by atoms with Gasteiger partial charge in [-0.3, -0.25) is 4.79 Å². The van der Waals surface area contributed by atoms with Crippen LogP contribution in [0.3, 0.4) is 0 Å². The third-order valence-corrected chi connectivity index (χ3v) is 5.59. The first-order chi connectivity index (χ1) is 15.6. The van der Waals surface area contributed by atoms with Crippen LogP contribution in [-0.4, -0.2) is 54.1 Å². The van der Waals surface area contributed by atoms with Gasteiger partial charge in [0.25, 0.3) is 0 Å². The van der Waals surface area contributed by atoms with E-state index in [1.807, 2.05) is 60.4 Å². The van der Waals surface area contributed by atoms with E-state index in [1.54, 1.807) is 7.11 Å². The van der Waals surface area contributed by atoms with Gasteiger partial charge in [-0.2, -0.15) is 4.98 Å². The van der Waals surface area contributed by atoms with Crippen LogP contribution in [-0.2, 0) is 11.2 Å². The fourth-order valence-electron chi connectivity index (χ4n) is 3.79. The summed E-state index contributed by atoms with van der Waals surface area (Å²) in [7, 11) is 1.65. The molecule has 1 aromatic heterocycles. The summed E-state index contributed by atoms with van der Waals surface area (Å²) < 4.78 is 5.21. The van der Waals surface area contributed by atoms with Crippen LogP contribution in [0.15, 0.2) is 60.7 Å². The molecule has 166 valence electrons. The van der Waals surface area contributed by atoms with Crippen molar-refractivity contribution in [3.05, 3.63) is 71.9 Å². The Kier molecular flexibility index (Phi) is 6.84. The molecule has 0 aliphatic carbocycles. The van der Waals surface area contributed by atoms with E-state index in [0.717, 1.165) is 42.5 Å². The highest BCUT2D eigenvalue weighted by Crippen LogP contribution is 2.21. The van der Waals surface area contributed by atoms with Gasteiger partial charge >= 0.3 is 0 Å². The first-order valence-corrected chi connectivity index (χ1v) is 10.9. The fraction of sp³-hybridized carbons (Fsp3) is 0.320. The van der Waals surface area contributed by atoms with Crippen LogP contribution < -0.4 is 15.0 Å². The van der Waals surface area contributed by atoms with Gasteiger partial charge in [0.05, 0.1) is 7.11 Å². The average Bonchev–Trinajstić information content (AvgIpc) is 2.83. The predicted molar refractivity (Wildman–Crippen MR) is 127 cm³/mol. The van der Waals surface area contributed by atoms with E-state index < -0.39 is 0 Å². The maximum atomic E-state index is 12.6. The summed E-state index contributed by atoms with van der Waals surface area (Å²) in [6.45, 7) is 4.79. The highest BCUT2D eigenvalue weighted by atomic mass is 16.5. The molecule has 1 amide bonds. The highest BCUT2D eigenvalue weighted by Gasteiger charge is 2.23. The smallest absolute Gasteiger partial charge is 0.227 e. The third kappa shape index (κ3) is 5.55. The number of benzene rings is 2. The number of carbonyl (C=O) groups excluding carboxylic acids is 1. The number of anilines is 3. The van der Waals surface area contributed by atoms with Gasteiger partial charge < -0.3 is 19.9 Å². The first kappa shape index (κ1) is 21.6. The predicted octanol–water partition coefficient (Wildman–Crippen LogP) is 3.82. The van der Waals surface area contributed by atoms with E-state index in [0.29, 0.717) is 25.5 Å². The van der Waals surface area contributed by atoms with Crippen LogP contribution in [0.4, 0.5) is 17.5 Å². The lowest BCUT2D eigenvalue weighted by Crippen LogP contribution is -2.49. The minimum absolute atomic E-state index is 0.209. The van der Waals surface area contributed by atoms with Crippen LogP contribution in [0, 0.1) is 6.92 Å². The lowest BCUT2D eigenvalue weighted by molar-refractivity contribution is -0.131. The first-order valence-electron chi connectivity index (χ1n) is 10.9. The molecule has 0 radical (unpaired) electrons. The number of ether oxygens (including phenoxy) is 1. The second kappa shape index (κ2) is 10.1. The molecular weight excluding hydrogens is 402 g/mol. The maximum absolute atomic E-state index is 12.6. The number of rotatable bonds is 7. The Balaban J connectivity index is 1.34. The number of nitrogens with zero attached hydrogens (tertiary/aromatic N) is 4. The Morgan fingerprint density at radius 2 is 1.72 bits per heavy atom. The summed E-state index contributed by atoms with van der Waals surface area (Å²) in [5, 5.41) is 3.34. The van der Waals surface area contributed by atoms with Gasteiger partial charge in [-0.05, 0) is 43.2 Å². The Morgan fingerprint density at radius 1 is 1.00 bits per heavy atom. The molecule has 4 rings (SSSR count). The van der Waals surface area contributed by atoms with Crippen LogP contribution in [0.5, 0.6) is 5.75 Å². The molecule has 0 atom stereocenters. The maximum Gasteiger partial charge on any atom is 0.227 e. The van der Waals surface area contributed by atoms with Crippen molar-refractivity contribution in [2.24, 2.45) is 0 Å². The van der Waals surface area contributed by atoms with Crippen molar-refractivity contribution >= 4 is 23.4 Å². The Labute approximate surface area is 189 Å². The van der Waals surface area contributed by atoms with Crippen LogP contribution >= 0.6 is 0 Å². The van der Waals surface area contributed by atoms with E-state index in [-0.39, 0.29) is 5.91 Å². The molecule has 7 nitrogen and oxygen atoms in total. The van der Waals surface area contributed by atoms with Crippen LogP contribution in [0.25, 0.3) is 0 Å². The monoisotopic (exact) mass is 431 g/mol. The largest absolute Gasteiger partial charge is 0.497 e. The number of hydrogen-bond donors (Lipinski definition) is 1. The molecule has 0 unspecified atom stereocenters. The molecule has 1 saturated heterocycles. The van der Waals surface area contributed by atoms with Gasteiger partial charge in [0.2, 0.25) is 11.9 Å². The van der Waals surface area contributed by atoms with Gasteiger partial charge in [0.15, 0.2) is 0 Å². The normalized spacial score (nSPS) is 13.7. The number of aryl methyl sites for hydroxylation is 2. The molecule has 1 fully saturated rings. The van der Waals surface area contributed by atoms with Crippen molar-refractivity contribution < 1.29 is 9.53 Å². The summed E-state index contributed by atoms with van der Waals surface area (Å²) in [4.78, 5) is 26.1. The molecule has 7 heteroatoms. The second-order valence-electron chi connectivity index (χ2n) is 7.90. The van der Waals surface area contributed by atoms with E-state index in [1.165, 1.54) is 5.56 Å². The average molecular weight is 432 g/mol. The molecule has 0 saturated carbocycles. The van der Waals surface area contributed by atoms with Crippen molar-refractivity contribution in [2.75, 3.05) is 43.5 Å². The lowest BCUT2D eigenvalue weighted by atomic mass is 10.1. The number of methoxy groups -OCH3 is 1. The second-order valence-corrected chi connectivity index (χ2v) is 7.90. The van der Waals surface area contributed by atoms with Gasteiger partial charge in [-0.25, -0.2) is 4.98 Å². The topological polar surface area (TPSA) is 70.6 Å². The summed E-state index contributed by atoms with van der Waals surface area (Å²) >= 11 is 0. The molecule has 2 aromatic carbocycles. The van der Waals surface area contributed by atoms with Gasteiger partial charge in [0, 0.05) is 50.0 Å². The molecule has 32 heavy (non-hydrogen) atoms. The van der Waals surface area contributed by atoms with Crippen molar-refractivity contribution in [3.63, 3.8) is 0 Å². The zero-order valence-corrected chi connectivity index (χ0v) is 18.6. The summed E-state index contributed by atoms with van der Waals surface area (Å²) in [6.07, 6.45) is 1.32.